The summed E-state index contributed by atoms with van der Waals surface area (Å²) < 4.78 is 5.61. The number of rotatable bonds is 17. The molecule has 0 aliphatic rings. The van der Waals surface area contributed by atoms with E-state index in [0.29, 0.717) is 12.2 Å². The van der Waals surface area contributed by atoms with Crippen LogP contribution in [-0.2, 0) is 4.79 Å². The highest BCUT2D eigenvalue weighted by atomic mass is 16.5. The lowest BCUT2D eigenvalue weighted by Gasteiger charge is -2.07. The maximum absolute atomic E-state index is 12.2. The summed E-state index contributed by atoms with van der Waals surface area (Å²) in [5, 5.41) is 2.11. The van der Waals surface area contributed by atoms with Gasteiger partial charge in [0.25, 0.3) is 0 Å². The molecule has 0 atom stereocenters. The monoisotopic (exact) mass is 410 g/mol. The summed E-state index contributed by atoms with van der Waals surface area (Å²) in [6.45, 7) is 2.28. The molecule has 0 saturated carbocycles. The first-order chi connectivity index (χ1) is 14.8. The summed E-state index contributed by atoms with van der Waals surface area (Å²) in [7, 11) is 0. The maximum Gasteiger partial charge on any atom is 0.311 e. The lowest BCUT2D eigenvalue weighted by atomic mass is 10.0. The third-order valence-corrected chi connectivity index (χ3v) is 5.96. The molecule has 0 amide bonds. The van der Waals surface area contributed by atoms with E-state index in [2.05, 4.69) is 6.92 Å². The van der Waals surface area contributed by atoms with Crippen molar-refractivity contribution in [1.82, 2.24) is 0 Å². The van der Waals surface area contributed by atoms with Gasteiger partial charge in [0.05, 0.1) is 0 Å². The van der Waals surface area contributed by atoms with Gasteiger partial charge in [-0.1, -0.05) is 133 Å². The topological polar surface area (TPSA) is 26.3 Å². The van der Waals surface area contributed by atoms with E-state index in [0.717, 1.165) is 23.6 Å². The summed E-state index contributed by atoms with van der Waals surface area (Å²) in [6, 6.07) is 13.9. The Balaban J connectivity index is 1.41. The van der Waals surface area contributed by atoms with Gasteiger partial charge in [0.15, 0.2) is 0 Å². The molecule has 0 N–H and O–H groups in total. The molecule has 0 saturated heterocycles. The predicted molar refractivity (Wildman–Crippen MR) is 129 cm³/mol. The molecular formula is C28H42O2. The fraction of sp³-hybridized carbons (Fsp3) is 0.607. The maximum atomic E-state index is 12.2. The molecule has 0 bridgehead atoms. The van der Waals surface area contributed by atoms with Crippen molar-refractivity contribution in [2.45, 2.75) is 110 Å². The minimum absolute atomic E-state index is 0.110. The zero-order chi connectivity index (χ0) is 21.3. The van der Waals surface area contributed by atoms with E-state index in [1.54, 1.807) is 0 Å². The smallest absolute Gasteiger partial charge is 0.311 e. The van der Waals surface area contributed by atoms with Gasteiger partial charge in [0, 0.05) is 11.8 Å². The van der Waals surface area contributed by atoms with E-state index < -0.39 is 0 Å². The molecule has 0 fully saturated rings. The summed E-state index contributed by atoms with van der Waals surface area (Å²) in [4.78, 5) is 12.2. The Morgan fingerprint density at radius 2 is 1.13 bits per heavy atom. The van der Waals surface area contributed by atoms with Gasteiger partial charge in [-0.15, -0.1) is 0 Å². The van der Waals surface area contributed by atoms with Crippen LogP contribution in [-0.4, -0.2) is 5.97 Å². The molecule has 166 valence electrons. The summed E-state index contributed by atoms with van der Waals surface area (Å²) in [5.41, 5.74) is 0. The fourth-order valence-corrected chi connectivity index (χ4v) is 4.10. The number of hydrogen-bond acceptors (Lipinski definition) is 2. The van der Waals surface area contributed by atoms with Crippen molar-refractivity contribution in [2.75, 3.05) is 0 Å². The molecule has 2 nitrogen and oxygen atoms in total. The van der Waals surface area contributed by atoms with Gasteiger partial charge in [-0.3, -0.25) is 4.79 Å². The van der Waals surface area contributed by atoms with Gasteiger partial charge in [-0.25, -0.2) is 0 Å². The van der Waals surface area contributed by atoms with Crippen molar-refractivity contribution in [2.24, 2.45) is 0 Å². The van der Waals surface area contributed by atoms with E-state index in [4.69, 9.17) is 4.74 Å². The number of fused-ring (bicyclic) bond motifs is 1. The van der Waals surface area contributed by atoms with Crippen LogP contribution in [0.4, 0.5) is 0 Å². The van der Waals surface area contributed by atoms with Crippen molar-refractivity contribution < 1.29 is 9.53 Å². The SMILES string of the molecule is CCCCCCCCCCCCCCCCCC(=O)Oc1cccc2ccccc12. The Bertz CT molecular complexity index is 701. The molecule has 0 spiro atoms. The molecule has 2 aromatic rings. The van der Waals surface area contributed by atoms with E-state index in [1.165, 1.54) is 83.5 Å². The highest BCUT2D eigenvalue weighted by Crippen LogP contribution is 2.25. The summed E-state index contributed by atoms with van der Waals surface area (Å²) >= 11 is 0. The number of esters is 1. The van der Waals surface area contributed by atoms with E-state index >= 15 is 0 Å². The Kier molecular flexibility index (Phi) is 13.0. The van der Waals surface area contributed by atoms with E-state index in [1.807, 2.05) is 42.5 Å². The van der Waals surface area contributed by atoms with Gasteiger partial charge in [0.2, 0.25) is 0 Å². The molecule has 2 aromatic carbocycles. The first kappa shape index (κ1) is 24.4. The summed E-state index contributed by atoms with van der Waals surface area (Å²) in [5.74, 6) is 0.570. The van der Waals surface area contributed by atoms with Crippen LogP contribution in [0.5, 0.6) is 5.75 Å². The highest BCUT2D eigenvalue weighted by Gasteiger charge is 2.07. The van der Waals surface area contributed by atoms with Gasteiger partial charge < -0.3 is 4.74 Å². The minimum Gasteiger partial charge on any atom is -0.426 e. The number of ether oxygens (including phenoxy) is 1. The minimum atomic E-state index is -0.110. The summed E-state index contributed by atoms with van der Waals surface area (Å²) in [6.07, 6.45) is 20.5. The van der Waals surface area contributed by atoms with Crippen LogP contribution in [0, 0.1) is 0 Å². The number of benzene rings is 2. The average Bonchev–Trinajstić information content (AvgIpc) is 2.76. The van der Waals surface area contributed by atoms with Crippen molar-refractivity contribution in [3.8, 4) is 5.75 Å². The van der Waals surface area contributed by atoms with Crippen molar-refractivity contribution >= 4 is 16.7 Å². The molecular weight excluding hydrogens is 368 g/mol. The fourth-order valence-electron chi connectivity index (χ4n) is 4.10. The van der Waals surface area contributed by atoms with Crippen LogP contribution in [0.3, 0.4) is 0 Å². The Morgan fingerprint density at radius 3 is 1.73 bits per heavy atom. The lowest BCUT2D eigenvalue weighted by Crippen LogP contribution is -2.07. The van der Waals surface area contributed by atoms with Gasteiger partial charge in [-0.2, -0.15) is 0 Å². The van der Waals surface area contributed by atoms with Crippen LogP contribution < -0.4 is 4.74 Å². The second kappa shape index (κ2) is 15.9. The average molecular weight is 411 g/mol. The van der Waals surface area contributed by atoms with Crippen molar-refractivity contribution in [3.05, 3.63) is 42.5 Å². The van der Waals surface area contributed by atoms with Crippen LogP contribution >= 0.6 is 0 Å². The Hall–Kier alpha value is -1.83. The van der Waals surface area contributed by atoms with Crippen molar-refractivity contribution in [3.63, 3.8) is 0 Å². The van der Waals surface area contributed by atoms with Crippen LogP contribution in [0.2, 0.25) is 0 Å². The largest absolute Gasteiger partial charge is 0.426 e. The number of carbonyl (C=O) groups excluding carboxylic acids is 1. The molecule has 2 rings (SSSR count). The second-order valence-corrected chi connectivity index (χ2v) is 8.65. The highest BCUT2D eigenvalue weighted by molar-refractivity contribution is 5.90. The molecule has 30 heavy (non-hydrogen) atoms. The first-order valence-corrected chi connectivity index (χ1v) is 12.5. The van der Waals surface area contributed by atoms with Crippen molar-refractivity contribution in [1.29, 1.82) is 0 Å². The lowest BCUT2D eigenvalue weighted by molar-refractivity contribution is -0.134. The third kappa shape index (κ3) is 10.3. The molecule has 0 radical (unpaired) electrons. The standard InChI is InChI=1S/C28H42O2/c1-2-3-4-5-6-7-8-9-10-11-12-13-14-15-16-24-28(29)30-27-23-19-21-25-20-17-18-22-26(25)27/h17-23H,2-16,24H2,1H3. The Morgan fingerprint density at radius 1 is 0.633 bits per heavy atom. The Labute approximate surface area is 184 Å². The predicted octanol–water partition coefficient (Wildman–Crippen LogP) is 9.01. The van der Waals surface area contributed by atoms with Gasteiger partial charge >= 0.3 is 5.97 Å². The number of unbranched alkanes of at least 4 members (excludes halogenated alkanes) is 14. The van der Waals surface area contributed by atoms with Crippen LogP contribution in [0.1, 0.15) is 110 Å². The number of hydrogen-bond donors (Lipinski definition) is 0. The molecule has 0 unspecified atom stereocenters. The van der Waals surface area contributed by atoms with Gasteiger partial charge in [0.1, 0.15) is 5.75 Å². The zero-order valence-corrected chi connectivity index (χ0v) is 19.2. The van der Waals surface area contributed by atoms with E-state index in [-0.39, 0.29) is 5.97 Å². The molecule has 0 aliphatic carbocycles. The third-order valence-electron chi connectivity index (χ3n) is 5.96. The van der Waals surface area contributed by atoms with Gasteiger partial charge in [-0.05, 0) is 17.9 Å². The normalized spacial score (nSPS) is 11.1. The van der Waals surface area contributed by atoms with E-state index in [9.17, 15) is 4.79 Å². The first-order valence-electron chi connectivity index (χ1n) is 12.5. The molecule has 2 heteroatoms. The molecule has 0 aliphatic heterocycles. The zero-order valence-electron chi connectivity index (χ0n) is 19.2. The molecule has 0 heterocycles. The van der Waals surface area contributed by atoms with Crippen LogP contribution in [0.15, 0.2) is 42.5 Å². The molecule has 0 aromatic heterocycles. The second-order valence-electron chi connectivity index (χ2n) is 8.65. The quantitative estimate of drug-likeness (QED) is 0.148. The van der Waals surface area contributed by atoms with Crippen LogP contribution in [0.25, 0.3) is 10.8 Å². The number of carbonyl (C=O) groups is 1.